The molecule has 10 rings (SSSR count). The van der Waals surface area contributed by atoms with Gasteiger partial charge in [0.05, 0.1) is 11.1 Å². The third-order valence-electron chi connectivity index (χ3n) is 14.3. The Morgan fingerprint density at radius 3 is 0.850 bits per heavy atom. The Hall–Kier alpha value is -8.15. The van der Waals surface area contributed by atoms with Crippen LogP contribution in [0.2, 0.25) is 0 Å². The Labute approximate surface area is 498 Å². The van der Waals surface area contributed by atoms with Gasteiger partial charge in [-0.25, -0.2) is 22.8 Å². The summed E-state index contributed by atoms with van der Waals surface area (Å²) in [6.45, 7) is 14.6. The van der Waals surface area contributed by atoms with Crippen molar-refractivity contribution in [2.24, 2.45) is 35.2 Å². The van der Waals surface area contributed by atoms with E-state index >= 15 is 0 Å². The van der Waals surface area contributed by atoms with Crippen LogP contribution in [0.3, 0.4) is 0 Å². The SMILES string of the molecule is Cc1ccc(-c2c(C)cccc2C)[n+](C)c1.Cc1ccc(C)c(-c2ccc(C)c[n+]2C)c1.[2H]C([2H])([2H])c1ccc(-c2c(C)cccc2C)[n+](C)c1.[2H]C([2H])([2H])c1ccc(-c2cc(C)ccc2C)[n+](C)c1.[2H]C([2H])([2H])c1ccc(-c2ccc(C([2H])([2H])[2H])c[n+]2C)c(C)c1. The van der Waals surface area contributed by atoms with Gasteiger partial charge in [0.1, 0.15) is 35.2 Å². The summed E-state index contributed by atoms with van der Waals surface area (Å²) < 4.78 is 99.2. The van der Waals surface area contributed by atoms with E-state index in [4.69, 9.17) is 16.4 Å². The first kappa shape index (κ1) is 45.7. The summed E-state index contributed by atoms with van der Waals surface area (Å²) in [6, 6.07) is 49.7. The summed E-state index contributed by atoms with van der Waals surface area (Å²) in [7, 11) is 9.75. The van der Waals surface area contributed by atoms with Crippen LogP contribution in [0, 0.1) is 104 Å². The minimum absolute atomic E-state index is 0.274. The molecule has 410 valence electrons. The molecule has 0 spiro atoms. The monoisotopic (exact) mass is 1070 g/mol. The maximum absolute atomic E-state index is 7.45. The van der Waals surface area contributed by atoms with E-state index in [0.29, 0.717) is 16.7 Å². The summed E-state index contributed by atoms with van der Waals surface area (Å²) in [6.07, 6.45) is 9.29. The van der Waals surface area contributed by atoms with Gasteiger partial charge >= 0.3 is 0 Å². The smallest absolute Gasteiger partial charge is 0.201 e. The molecule has 0 N–H and O–H groups in total. The molecule has 0 aliphatic carbocycles. The molecule has 5 heterocycles. The van der Waals surface area contributed by atoms with Crippen LogP contribution < -0.4 is 22.8 Å². The minimum atomic E-state index is -2.14. The molecular weight excluding hydrogens is 971 g/mol. The van der Waals surface area contributed by atoms with E-state index in [0.717, 1.165) is 33.8 Å². The van der Waals surface area contributed by atoms with Gasteiger partial charge in [0.2, 0.25) is 28.5 Å². The molecule has 80 heavy (non-hydrogen) atoms. The topological polar surface area (TPSA) is 19.4 Å². The van der Waals surface area contributed by atoms with Crippen LogP contribution in [0.4, 0.5) is 0 Å². The van der Waals surface area contributed by atoms with Crippen molar-refractivity contribution in [1.29, 1.82) is 0 Å². The zero-order valence-electron chi connectivity index (χ0n) is 62.1. The Balaban J connectivity index is 0.000000183. The van der Waals surface area contributed by atoms with Crippen LogP contribution in [0.1, 0.15) is 99.9 Å². The van der Waals surface area contributed by atoms with Gasteiger partial charge in [0.15, 0.2) is 31.0 Å². The van der Waals surface area contributed by atoms with E-state index in [9.17, 15) is 0 Å². The predicted molar refractivity (Wildman–Crippen MR) is 336 cm³/mol. The third kappa shape index (κ3) is 16.0. The molecule has 0 saturated heterocycles. The maximum atomic E-state index is 7.45. The molecule has 0 atom stereocenters. The van der Waals surface area contributed by atoms with E-state index in [1.54, 1.807) is 72.7 Å². The summed E-state index contributed by atoms with van der Waals surface area (Å²) in [5.41, 5.74) is 26.1. The molecule has 5 aromatic carbocycles. The molecule has 5 heteroatoms. The largest absolute Gasteiger partial charge is 0.212 e. The summed E-state index contributed by atoms with van der Waals surface area (Å²) in [5, 5.41) is 0. The standard InChI is InChI=1S/5C15H18N/c1-11-5-7-14(13(3)9-11)15-8-6-12(2)10-16(15)4;2*1-11-5-7-13(3)14(9-11)15-8-6-12(2)10-16(15)4;2*1-11-8-9-14(16(4)10-11)15-12(2)6-5-7-13(15)3/h5*5-10H,1-4H3/q5*+1/i1D3,2D3;2D3;;1D3;. The number of nitrogens with zero attached hydrogens (tertiary/aromatic N) is 5. The van der Waals surface area contributed by atoms with E-state index in [2.05, 4.69) is 196 Å². The van der Waals surface area contributed by atoms with Crippen LogP contribution in [-0.4, -0.2) is 0 Å². The van der Waals surface area contributed by atoms with Gasteiger partial charge in [-0.3, -0.25) is 0 Å². The van der Waals surface area contributed by atoms with E-state index in [-0.39, 0.29) is 5.56 Å². The number of benzene rings is 5. The van der Waals surface area contributed by atoms with Crippen LogP contribution >= 0.6 is 0 Å². The van der Waals surface area contributed by atoms with E-state index in [1.807, 2.05) is 48.4 Å². The van der Waals surface area contributed by atoms with Crippen molar-refractivity contribution in [3.8, 4) is 56.3 Å². The van der Waals surface area contributed by atoms with Gasteiger partial charge in [-0.15, -0.1) is 0 Å². The summed E-state index contributed by atoms with van der Waals surface area (Å²) >= 11 is 0. The van der Waals surface area contributed by atoms with Gasteiger partial charge in [-0.1, -0.05) is 89.5 Å². The lowest BCUT2D eigenvalue weighted by molar-refractivity contribution is -0.660. The number of aromatic nitrogens is 5. The highest BCUT2D eigenvalue weighted by Gasteiger charge is 2.18. The van der Waals surface area contributed by atoms with Gasteiger partial charge in [-0.05, 0) is 191 Å². The second-order valence-corrected chi connectivity index (χ2v) is 21.3. The zero-order chi connectivity index (χ0) is 68.5. The summed E-state index contributed by atoms with van der Waals surface area (Å²) in [5.74, 6) is 0. The van der Waals surface area contributed by atoms with Crippen LogP contribution in [0.5, 0.6) is 0 Å². The van der Waals surface area contributed by atoms with Crippen molar-refractivity contribution in [3.05, 3.63) is 266 Å². The van der Waals surface area contributed by atoms with Crippen molar-refractivity contribution < 1.29 is 39.3 Å². The van der Waals surface area contributed by atoms with Crippen molar-refractivity contribution in [2.75, 3.05) is 0 Å². The lowest BCUT2D eigenvalue weighted by Gasteiger charge is -2.07. The number of aryl methyl sites for hydroxylation is 20. The molecule has 0 bridgehead atoms. The van der Waals surface area contributed by atoms with Crippen LogP contribution in [-0.2, 0) is 35.2 Å². The van der Waals surface area contributed by atoms with Gasteiger partial charge in [0.25, 0.3) is 0 Å². The number of hydrogen-bond acceptors (Lipinski definition) is 0. The lowest BCUT2D eigenvalue weighted by atomic mass is 9.99. The molecule has 0 aliphatic rings. The maximum Gasteiger partial charge on any atom is 0.212 e. The average molecular weight is 1070 g/mol. The molecule has 0 radical (unpaired) electrons. The molecule has 10 aromatic rings. The molecule has 5 aromatic heterocycles. The second-order valence-electron chi connectivity index (χ2n) is 21.3. The van der Waals surface area contributed by atoms with Gasteiger partial charge in [0, 0.05) is 91.3 Å². The normalized spacial score (nSPS) is 13.3. The molecule has 0 unspecified atom stereocenters. The fraction of sp³-hybridized carbons (Fsp3) is 0.267. The first-order valence-electron chi connectivity index (χ1n) is 33.1. The Morgan fingerprint density at radius 2 is 0.525 bits per heavy atom. The van der Waals surface area contributed by atoms with Crippen molar-refractivity contribution >= 4 is 0 Å². The minimum Gasteiger partial charge on any atom is -0.201 e. The van der Waals surface area contributed by atoms with Gasteiger partial charge in [-0.2, -0.15) is 0 Å². The first-order valence-corrected chi connectivity index (χ1v) is 27.1. The number of rotatable bonds is 5. The van der Waals surface area contributed by atoms with Gasteiger partial charge < -0.3 is 0 Å². The highest BCUT2D eigenvalue weighted by Crippen LogP contribution is 2.27. The quantitative estimate of drug-likeness (QED) is 0.153. The lowest BCUT2D eigenvalue weighted by Crippen LogP contribution is -2.31. The molecule has 0 saturated carbocycles. The summed E-state index contributed by atoms with van der Waals surface area (Å²) in [4.78, 5) is 0. The third-order valence-corrected chi connectivity index (χ3v) is 14.3. The fourth-order valence-corrected chi connectivity index (χ4v) is 10.1. The van der Waals surface area contributed by atoms with E-state index in [1.165, 1.54) is 83.7 Å². The first-order chi connectivity index (χ1) is 42.8. The highest BCUT2D eigenvalue weighted by molar-refractivity contribution is 5.67. The molecule has 0 aliphatic heterocycles. The van der Waals surface area contributed by atoms with Crippen molar-refractivity contribution in [1.82, 2.24) is 0 Å². The Bertz CT molecular complexity index is 4150. The Kier molecular flexibility index (Phi) is 15.8. The molecule has 0 amide bonds. The molecular formula is C75H90N5+5. The van der Waals surface area contributed by atoms with Crippen LogP contribution in [0.25, 0.3) is 56.3 Å². The Morgan fingerprint density at radius 1 is 0.237 bits per heavy atom. The number of pyridine rings is 5. The number of hydrogen-bond donors (Lipinski definition) is 0. The van der Waals surface area contributed by atoms with Crippen LogP contribution in [0.15, 0.2) is 183 Å². The molecule has 5 nitrogen and oxygen atoms in total. The predicted octanol–water partition coefficient (Wildman–Crippen LogP) is 15.5. The van der Waals surface area contributed by atoms with Crippen molar-refractivity contribution in [2.45, 2.75) is 104 Å². The fourth-order valence-electron chi connectivity index (χ4n) is 10.1. The van der Waals surface area contributed by atoms with E-state index < -0.39 is 27.4 Å². The molecule has 0 fully saturated rings. The average Bonchev–Trinajstić information content (AvgIpc) is 0.889. The highest BCUT2D eigenvalue weighted by atomic mass is 14.9. The second kappa shape index (κ2) is 27.6. The zero-order valence-corrected chi connectivity index (χ0v) is 50.1. The van der Waals surface area contributed by atoms with Crippen molar-refractivity contribution in [3.63, 3.8) is 0 Å².